The second kappa shape index (κ2) is 5.79. The molecule has 108 valence electrons. The highest BCUT2D eigenvalue weighted by atomic mass is 32.1. The molecule has 0 radical (unpaired) electrons. The van der Waals surface area contributed by atoms with Crippen LogP contribution in [0.3, 0.4) is 0 Å². The second-order valence-corrected chi connectivity index (χ2v) is 6.22. The average molecular weight is 292 g/mol. The summed E-state index contributed by atoms with van der Waals surface area (Å²) in [5.41, 5.74) is 0.460. The summed E-state index contributed by atoms with van der Waals surface area (Å²) in [7, 11) is 0. The second-order valence-electron chi connectivity index (χ2n) is 4.96. The highest BCUT2D eigenvalue weighted by Crippen LogP contribution is 2.28. The fourth-order valence-corrected chi connectivity index (χ4v) is 3.23. The molecule has 0 saturated heterocycles. The smallest absolute Gasteiger partial charge is 0.260 e. The predicted octanol–water partition coefficient (Wildman–Crippen LogP) is 2.92. The Morgan fingerprint density at radius 1 is 1.45 bits per heavy atom. The molecule has 0 aliphatic heterocycles. The maximum absolute atomic E-state index is 12.4. The van der Waals surface area contributed by atoms with Gasteiger partial charge in [-0.3, -0.25) is 9.59 Å². The number of hydrogen-bond donors (Lipinski definition) is 1. The molecule has 0 fully saturated rings. The van der Waals surface area contributed by atoms with E-state index in [-0.39, 0.29) is 17.5 Å². The van der Waals surface area contributed by atoms with Crippen LogP contribution < -0.4 is 10.9 Å². The van der Waals surface area contributed by atoms with Gasteiger partial charge in [-0.2, -0.15) is 0 Å². The van der Waals surface area contributed by atoms with Crippen LogP contribution in [-0.2, 0) is 6.54 Å². The van der Waals surface area contributed by atoms with Crippen LogP contribution in [-0.4, -0.2) is 16.5 Å². The number of nitrogens with zero attached hydrogens (tertiary/aromatic N) is 1. The summed E-state index contributed by atoms with van der Waals surface area (Å²) in [6, 6.07) is 2.02. The van der Waals surface area contributed by atoms with Gasteiger partial charge in [-0.25, -0.2) is 0 Å². The molecule has 2 rings (SSSR count). The van der Waals surface area contributed by atoms with Gasteiger partial charge >= 0.3 is 0 Å². The lowest BCUT2D eigenvalue weighted by atomic mass is 10.1. The van der Waals surface area contributed by atoms with E-state index in [1.54, 1.807) is 10.8 Å². The molecule has 2 aromatic rings. The van der Waals surface area contributed by atoms with Crippen LogP contribution in [0.1, 0.15) is 42.4 Å². The Morgan fingerprint density at radius 2 is 2.15 bits per heavy atom. The minimum absolute atomic E-state index is 0.0800. The number of hydrogen-bond acceptors (Lipinski definition) is 3. The van der Waals surface area contributed by atoms with Gasteiger partial charge in [0.2, 0.25) is 0 Å². The third-order valence-corrected chi connectivity index (χ3v) is 4.62. The summed E-state index contributed by atoms with van der Waals surface area (Å²) < 4.78 is 2.51. The molecule has 0 aliphatic rings. The van der Waals surface area contributed by atoms with Crippen molar-refractivity contribution < 1.29 is 4.79 Å². The number of amides is 1. The summed E-state index contributed by atoms with van der Waals surface area (Å²) in [6.07, 6.45) is 2.66. The van der Waals surface area contributed by atoms with Crippen LogP contribution in [0.4, 0.5) is 0 Å². The first kappa shape index (κ1) is 14.8. The Balaban J connectivity index is 2.60. The molecular weight excluding hydrogens is 272 g/mol. The van der Waals surface area contributed by atoms with E-state index in [0.717, 1.165) is 16.0 Å². The Labute approximate surface area is 122 Å². The van der Waals surface area contributed by atoms with Crippen molar-refractivity contribution in [1.82, 2.24) is 9.88 Å². The monoisotopic (exact) mass is 292 g/mol. The first-order valence-electron chi connectivity index (χ1n) is 6.93. The SMILES string of the molecule is CC[C@H](C)NC(=O)c1c(C)sc2ccn(CC)c(=O)c12. The van der Waals surface area contributed by atoms with Gasteiger partial charge in [-0.05, 0) is 33.3 Å². The van der Waals surface area contributed by atoms with Crippen molar-refractivity contribution >= 4 is 27.3 Å². The Hall–Kier alpha value is -1.62. The van der Waals surface area contributed by atoms with Crippen molar-refractivity contribution in [2.24, 2.45) is 0 Å². The van der Waals surface area contributed by atoms with Crippen LogP contribution in [0.2, 0.25) is 0 Å². The minimum atomic E-state index is -0.144. The van der Waals surface area contributed by atoms with Crippen molar-refractivity contribution in [2.45, 2.75) is 46.7 Å². The molecule has 1 amide bonds. The molecule has 0 unspecified atom stereocenters. The van der Waals surface area contributed by atoms with Crippen molar-refractivity contribution in [3.8, 4) is 0 Å². The lowest BCUT2D eigenvalue weighted by Gasteiger charge is -2.11. The number of nitrogens with one attached hydrogen (secondary N) is 1. The number of carbonyl (C=O) groups is 1. The first-order valence-corrected chi connectivity index (χ1v) is 7.74. The van der Waals surface area contributed by atoms with Crippen LogP contribution in [0, 0.1) is 6.92 Å². The fourth-order valence-electron chi connectivity index (χ4n) is 2.19. The highest BCUT2D eigenvalue weighted by molar-refractivity contribution is 7.19. The van der Waals surface area contributed by atoms with Gasteiger partial charge in [0.15, 0.2) is 0 Å². The van der Waals surface area contributed by atoms with Gasteiger partial charge in [0.1, 0.15) is 0 Å². The molecule has 0 saturated carbocycles. The molecule has 0 bridgehead atoms. The van der Waals surface area contributed by atoms with E-state index < -0.39 is 0 Å². The number of aryl methyl sites for hydroxylation is 2. The van der Waals surface area contributed by atoms with Crippen LogP contribution in [0.5, 0.6) is 0 Å². The molecule has 2 aromatic heterocycles. The maximum atomic E-state index is 12.4. The van der Waals surface area contributed by atoms with Crippen molar-refractivity contribution in [1.29, 1.82) is 0 Å². The Morgan fingerprint density at radius 3 is 2.75 bits per heavy atom. The van der Waals surface area contributed by atoms with E-state index >= 15 is 0 Å². The third kappa shape index (κ3) is 2.50. The van der Waals surface area contributed by atoms with E-state index in [9.17, 15) is 9.59 Å². The standard InChI is InChI=1S/C15H20N2O2S/c1-5-9(3)16-14(18)12-10(4)20-11-7-8-17(6-2)15(19)13(11)12/h7-9H,5-6H2,1-4H3,(H,16,18)/t9-/m0/s1. The van der Waals surface area contributed by atoms with Crippen molar-refractivity contribution in [3.63, 3.8) is 0 Å². The molecule has 5 heteroatoms. The molecule has 1 N–H and O–H groups in total. The Kier molecular flexibility index (Phi) is 4.28. The molecule has 0 aliphatic carbocycles. The minimum Gasteiger partial charge on any atom is -0.350 e. The summed E-state index contributed by atoms with van der Waals surface area (Å²) in [4.78, 5) is 25.7. The predicted molar refractivity (Wildman–Crippen MR) is 83.7 cm³/mol. The van der Waals surface area contributed by atoms with Gasteiger partial charge in [-0.15, -0.1) is 11.3 Å². The quantitative estimate of drug-likeness (QED) is 0.942. The zero-order valence-corrected chi connectivity index (χ0v) is 13.1. The van der Waals surface area contributed by atoms with Gasteiger partial charge < -0.3 is 9.88 Å². The zero-order chi connectivity index (χ0) is 14.9. The van der Waals surface area contributed by atoms with Gasteiger partial charge in [-0.1, -0.05) is 6.92 Å². The summed E-state index contributed by atoms with van der Waals surface area (Å²) in [5, 5.41) is 3.50. The first-order chi connectivity index (χ1) is 9.49. The molecule has 2 heterocycles. The lowest BCUT2D eigenvalue weighted by molar-refractivity contribution is 0.0940. The number of fused-ring (bicyclic) bond motifs is 1. The highest BCUT2D eigenvalue weighted by Gasteiger charge is 2.20. The molecule has 20 heavy (non-hydrogen) atoms. The number of rotatable bonds is 4. The average Bonchev–Trinajstić information content (AvgIpc) is 2.76. The van der Waals surface area contributed by atoms with Crippen LogP contribution in [0.25, 0.3) is 10.1 Å². The van der Waals surface area contributed by atoms with Crippen molar-refractivity contribution in [2.75, 3.05) is 0 Å². The largest absolute Gasteiger partial charge is 0.350 e. The molecular formula is C15H20N2O2S. The zero-order valence-electron chi connectivity index (χ0n) is 12.3. The third-order valence-electron chi connectivity index (χ3n) is 3.55. The molecule has 1 atom stereocenters. The summed E-state index contributed by atoms with van der Waals surface area (Å²) >= 11 is 1.50. The van der Waals surface area contributed by atoms with Crippen LogP contribution >= 0.6 is 11.3 Å². The number of aromatic nitrogens is 1. The number of thiophene rings is 1. The lowest BCUT2D eigenvalue weighted by Crippen LogP contribution is -2.33. The molecule has 0 spiro atoms. The summed E-state index contributed by atoms with van der Waals surface area (Å²) in [5.74, 6) is -0.144. The number of carbonyl (C=O) groups excluding carboxylic acids is 1. The Bertz CT molecular complexity index is 700. The normalized spacial score (nSPS) is 12.6. The van der Waals surface area contributed by atoms with Gasteiger partial charge in [0.05, 0.1) is 10.9 Å². The van der Waals surface area contributed by atoms with Crippen LogP contribution in [0.15, 0.2) is 17.1 Å². The van der Waals surface area contributed by atoms with E-state index in [0.29, 0.717) is 17.5 Å². The van der Waals surface area contributed by atoms with E-state index in [1.807, 2.05) is 33.8 Å². The van der Waals surface area contributed by atoms with E-state index in [2.05, 4.69) is 5.32 Å². The van der Waals surface area contributed by atoms with Crippen molar-refractivity contribution in [3.05, 3.63) is 33.1 Å². The maximum Gasteiger partial charge on any atom is 0.260 e. The summed E-state index contributed by atoms with van der Waals surface area (Å²) in [6.45, 7) is 8.41. The van der Waals surface area contributed by atoms with Gasteiger partial charge in [0, 0.05) is 28.4 Å². The topological polar surface area (TPSA) is 51.1 Å². The van der Waals surface area contributed by atoms with E-state index in [4.69, 9.17) is 0 Å². The fraction of sp³-hybridized carbons (Fsp3) is 0.467. The molecule has 4 nitrogen and oxygen atoms in total. The number of pyridine rings is 1. The van der Waals surface area contributed by atoms with E-state index in [1.165, 1.54) is 11.3 Å². The van der Waals surface area contributed by atoms with Gasteiger partial charge in [0.25, 0.3) is 11.5 Å². The molecule has 0 aromatic carbocycles.